The van der Waals surface area contributed by atoms with E-state index in [1.165, 1.54) is 12.4 Å². The minimum Gasteiger partial charge on any atom is -0.478 e. The Hall–Kier alpha value is -2.01. The number of carbonyl (C=O) groups is 2. The van der Waals surface area contributed by atoms with Gasteiger partial charge in [-0.25, -0.2) is 14.8 Å². The van der Waals surface area contributed by atoms with Crippen molar-refractivity contribution in [2.24, 2.45) is 15.9 Å². The molecule has 1 heterocycles. The average Bonchev–Trinajstić information content (AvgIpc) is 2.96. The lowest BCUT2D eigenvalue weighted by Crippen LogP contribution is -2.44. The van der Waals surface area contributed by atoms with Crippen molar-refractivity contribution in [1.29, 1.82) is 0 Å². The molecule has 3 rings (SSSR count). The lowest BCUT2D eigenvalue weighted by molar-refractivity contribution is -0.144. The summed E-state index contributed by atoms with van der Waals surface area (Å²) in [7, 11) is 0. The van der Waals surface area contributed by atoms with Gasteiger partial charge in [-0.3, -0.25) is 4.79 Å². The molecule has 1 aliphatic carbocycles. The minimum absolute atomic E-state index is 0.267. The monoisotopic (exact) mass is 276 g/mol. The Bertz CT molecular complexity index is 639. The van der Waals surface area contributed by atoms with Crippen LogP contribution in [0.3, 0.4) is 0 Å². The number of aliphatic imine (C=N–C) groups is 2. The van der Waals surface area contributed by atoms with E-state index in [2.05, 4.69) is 9.98 Å². The summed E-state index contributed by atoms with van der Waals surface area (Å²) in [5, 5.41) is 9.82. The van der Waals surface area contributed by atoms with Crippen LogP contribution in [0.5, 0.6) is 0 Å². The number of carboxylic acids is 1. The van der Waals surface area contributed by atoms with Crippen LogP contribution in [0.4, 0.5) is 0 Å². The van der Waals surface area contributed by atoms with Gasteiger partial charge in [-0.05, 0) is 24.1 Å². The number of carboxylic acid groups (broad SMARTS) is 1. The van der Waals surface area contributed by atoms with Gasteiger partial charge in [0.05, 0.1) is 5.92 Å². The van der Waals surface area contributed by atoms with Crippen molar-refractivity contribution >= 4 is 35.8 Å². The second-order valence-corrected chi connectivity index (χ2v) is 4.95. The van der Waals surface area contributed by atoms with Crippen molar-refractivity contribution in [3.8, 4) is 0 Å². The number of hydrogen-bond acceptors (Lipinski definition) is 4. The first-order valence-electron chi connectivity index (χ1n) is 5.69. The Kier molecular flexibility index (Phi) is 2.53. The van der Waals surface area contributed by atoms with Crippen molar-refractivity contribution in [2.45, 2.75) is 12.1 Å². The molecule has 1 atom stereocenters. The summed E-state index contributed by atoms with van der Waals surface area (Å²) in [6.45, 7) is 0. The molecule has 1 aromatic carbocycles. The topological polar surface area (TPSA) is 79.1 Å². The number of Topliss-reactive ketones (excluding diaryl/α,β-unsaturated/α-hetero) is 1. The Labute approximate surface area is 113 Å². The summed E-state index contributed by atoms with van der Waals surface area (Å²) in [5.74, 6) is -2.29. The lowest BCUT2D eigenvalue weighted by atomic mass is 9.90. The van der Waals surface area contributed by atoms with Crippen LogP contribution in [0.2, 0.25) is 5.02 Å². The summed E-state index contributed by atoms with van der Waals surface area (Å²) >= 11 is 5.87. The largest absolute Gasteiger partial charge is 0.478 e. The molecule has 0 spiro atoms. The number of ketones is 1. The highest BCUT2D eigenvalue weighted by molar-refractivity contribution is 6.31. The third-order valence-corrected chi connectivity index (χ3v) is 3.72. The van der Waals surface area contributed by atoms with E-state index >= 15 is 0 Å². The zero-order chi connectivity index (χ0) is 13.6. The van der Waals surface area contributed by atoms with Gasteiger partial charge in [0.1, 0.15) is 0 Å². The van der Waals surface area contributed by atoms with Crippen LogP contribution in [-0.2, 0) is 11.2 Å². The van der Waals surface area contributed by atoms with Crippen molar-refractivity contribution in [1.82, 2.24) is 0 Å². The highest BCUT2D eigenvalue weighted by Crippen LogP contribution is 2.38. The molecule has 0 saturated heterocycles. The van der Waals surface area contributed by atoms with Crippen LogP contribution >= 0.6 is 11.6 Å². The second-order valence-electron chi connectivity index (χ2n) is 4.51. The van der Waals surface area contributed by atoms with E-state index in [4.69, 9.17) is 11.6 Å². The van der Waals surface area contributed by atoms with E-state index in [1.807, 2.05) is 0 Å². The number of nitrogens with zero attached hydrogens (tertiary/aromatic N) is 2. The van der Waals surface area contributed by atoms with Gasteiger partial charge in [-0.1, -0.05) is 17.7 Å². The van der Waals surface area contributed by atoms with E-state index in [1.54, 1.807) is 18.2 Å². The zero-order valence-corrected chi connectivity index (χ0v) is 10.5. The standard InChI is InChI=1S/C13H9ClN2O3/c14-8-2-1-7-5-10(11(17)9(7)6-8)13(12(18)19)15-3-4-16-13/h1-4,6,10H,5H2,(H,18,19). The summed E-state index contributed by atoms with van der Waals surface area (Å²) in [6.07, 6.45) is 2.95. The Morgan fingerprint density at radius 2 is 2.05 bits per heavy atom. The van der Waals surface area contributed by atoms with E-state index < -0.39 is 17.6 Å². The zero-order valence-electron chi connectivity index (χ0n) is 9.71. The van der Waals surface area contributed by atoms with E-state index in [0.717, 1.165) is 5.56 Å². The summed E-state index contributed by atoms with van der Waals surface area (Å²) in [5.41, 5.74) is -0.462. The number of benzene rings is 1. The maximum Gasteiger partial charge on any atom is 0.355 e. The summed E-state index contributed by atoms with van der Waals surface area (Å²) in [4.78, 5) is 31.7. The molecular weight excluding hydrogens is 268 g/mol. The molecule has 1 unspecified atom stereocenters. The predicted octanol–water partition coefficient (Wildman–Crippen LogP) is 1.63. The second kappa shape index (κ2) is 3.99. The van der Waals surface area contributed by atoms with Crippen LogP contribution in [-0.4, -0.2) is 35.0 Å². The lowest BCUT2D eigenvalue weighted by Gasteiger charge is -2.23. The molecule has 2 aliphatic rings. The smallest absolute Gasteiger partial charge is 0.355 e. The first-order valence-corrected chi connectivity index (χ1v) is 6.07. The SMILES string of the molecule is O=C1c2cc(Cl)ccc2CC1C1(C(=O)O)N=CC=N1. The summed E-state index contributed by atoms with van der Waals surface area (Å²) in [6, 6.07) is 5.00. The molecule has 0 aromatic heterocycles. The number of rotatable bonds is 2. The van der Waals surface area contributed by atoms with Gasteiger partial charge >= 0.3 is 5.97 Å². The first kappa shape index (κ1) is 12.0. The molecule has 1 N–H and O–H groups in total. The molecule has 0 saturated carbocycles. The van der Waals surface area contributed by atoms with Crippen molar-refractivity contribution in [2.75, 3.05) is 0 Å². The normalized spacial score (nSPS) is 22.8. The molecule has 5 nitrogen and oxygen atoms in total. The van der Waals surface area contributed by atoms with E-state index in [9.17, 15) is 14.7 Å². The quantitative estimate of drug-likeness (QED) is 0.891. The van der Waals surface area contributed by atoms with Gasteiger partial charge in [0, 0.05) is 23.0 Å². The Morgan fingerprint density at radius 1 is 1.37 bits per heavy atom. The van der Waals surface area contributed by atoms with E-state index in [0.29, 0.717) is 17.0 Å². The highest BCUT2D eigenvalue weighted by Gasteiger charge is 2.53. The number of aliphatic carboxylic acids is 1. The third kappa shape index (κ3) is 1.62. The van der Waals surface area contributed by atoms with Gasteiger partial charge in [0.25, 0.3) is 5.66 Å². The average molecular weight is 277 g/mol. The fourth-order valence-corrected chi connectivity index (χ4v) is 2.72. The van der Waals surface area contributed by atoms with Crippen LogP contribution in [0.25, 0.3) is 0 Å². The molecule has 1 aliphatic heterocycles. The van der Waals surface area contributed by atoms with Gasteiger partial charge in [0.2, 0.25) is 0 Å². The summed E-state index contributed by atoms with van der Waals surface area (Å²) < 4.78 is 0. The first-order chi connectivity index (χ1) is 9.04. The number of halogens is 1. The van der Waals surface area contributed by atoms with Crippen molar-refractivity contribution < 1.29 is 14.7 Å². The molecule has 0 radical (unpaired) electrons. The van der Waals surface area contributed by atoms with Crippen LogP contribution in [0.15, 0.2) is 28.2 Å². The number of fused-ring (bicyclic) bond motifs is 1. The molecular formula is C13H9ClN2O3. The van der Waals surface area contributed by atoms with Gasteiger partial charge in [0.15, 0.2) is 5.78 Å². The van der Waals surface area contributed by atoms with Crippen molar-refractivity contribution in [3.63, 3.8) is 0 Å². The molecule has 19 heavy (non-hydrogen) atoms. The maximum absolute atomic E-state index is 12.4. The molecule has 1 aromatic rings. The molecule has 96 valence electrons. The fourth-order valence-electron chi connectivity index (χ4n) is 2.55. The molecule has 6 heteroatoms. The predicted molar refractivity (Wildman–Crippen MR) is 70.3 cm³/mol. The Morgan fingerprint density at radius 3 is 2.68 bits per heavy atom. The molecule has 0 fully saturated rings. The van der Waals surface area contributed by atoms with Gasteiger partial charge in [-0.2, -0.15) is 0 Å². The van der Waals surface area contributed by atoms with E-state index in [-0.39, 0.29) is 5.78 Å². The number of hydrogen-bond donors (Lipinski definition) is 1. The fraction of sp³-hybridized carbons (Fsp3) is 0.231. The molecule has 0 bridgehead atoms. The maximum atomic E-state index is 12.4. The number of carbonyl (C=O) groups excluding carboxylic acids is 1. The Balaban J connectivity index is 2.07. The molecule has 0 amide bonds. The highest BCUT2D eigenvalue weighted by atomic mass is 35.5. The third-order valence-electron chi connectivity index (χ3n) is 3.49. The van der Waals surface area contributed by atoms with Crippen LogP contribution in [0.1, 0.15) is 15.9 Å². The minimum atomic E-state index is -1.72. The van der Waals surface area contributed by atoms with Gasteiger partial charge < -0.3 is 5.11 Å². The van der Waals surface area contributed by atoms with Crippen molar-refractivity contribution in [3.05, 3.63) is 34.3 Å². The van der Waals surface area contributed by atoms with Crippen LogP contribution in [0, 0.1) is 5.92 Å². The van der Waals surface area contributed by atoms with Gasteiger partial charge in [-0.15, -0.1) is 0 Å². The van der Waals surface area contributed by atoms with Crippen LogP contribution < -0.4 is 0 Å².